The van der Waals surface area contributed by atoms with Crippen molar-refractivity contribution in [3.63, 3.8) is 0 Å². The fourth-order valence-electron chi connectivity index (χ4n) is 3.29. The number of unbranched alkanes of at least 4 members (excludes halogenated alkanes) is 8. The third kappa shape index (κ3) is 15.3. The highest BCUT2D eigenvalue weighted by Gasteiger charge is 2.20. The van der Waals surface area contributed by atoms with E-state index in [1.54, 1.807) is 4.57 Å². The van der Waals surface area contributed by atoms with Gasteiger partial charge in [0.15, 0.2) is 12.4 Å². The van der Waals surface area contributed by atoms with Gasteiger partial charge in [-0.3, -0.25) is 0 Å². The number of rotatable bonds is 12. The number of pyridine rings is 1. The van der Waals surface area contributed by atoms with E-state index < -0.39 is 7.25 Å². The SMILES string of the molecule is CCCCCCCCCCCC(=O)[n+]1ccc(Cc2ccccc2)cc1.F[B-](F)(F)F. The summed E-state index contributed by atoms with van der Waals surface area (Å²) in [6, 6.07) is 14.5. The molecular formula is C24H34BF4NO. The van der Waals surface area contributed by atoms with Crippen LogP contribution < -0.4 is 4.57 Å². The summed E-state index contributed by atoms with van der Waals surface area (Å²) in [7, 11) is -6.00. The first-order valence-corrected chi connectivity index (χ1v) is 11.2. The average molecular weight is 439 g/mol. The highest BCUT2D eigenvalue weighted by Crippen LogP contribution is 2.11. The van der Waals surface area contributed by atoms with Gasteiger partial charge < -0.3 is 17.3 Å². The Hall–Kier alpha value is -2.18. The van der Waals surface area contributed by atoms with Gasteiger partial charge in [0.05, 0.1) is 6.42 Å². The predicted molar refractivity (Wildman–Crippen MR) is 119 cm³/mol. The summed E-state index contributed by atoms with van der Waals surface area (Å²) in [5.74, 6) is 0.208. The Morgan fingerprint density at radius 1 is 0.742 bits per heavy atom. The zero-order chi connectivity index (χ0) is 23.0. The molecule has 7 heteroatoms. The second-order valence-electron chi connectivity index (χ2n) is 7.74. The minimum absolute atomic E-state index is 0.208. The second kappa shape index (κ2) is 15.6. The topological polar surface area (TPSA) is 20.9 Å². The molecule has 2 rings (SSSR count). The molecule has 0 unspecified atom stereocenters. The van der Waals surface area contributed by atoms with Gasteiger partial charge in [0, 0.05) is 12.1 Å². The molecule has 0 saturated carbocycles. The molecule has 0 radical (unpaired) electrons. The third-order valence-electron chi connectivity index (χ3n) is 4.93. The van der Waals surface area contributed by atoms with E-state index in [1.165, 1.54) is 62.5 Å². The Morgan fingerprint density at radius 2 is 1.19 bits per heavy atom. The van der Waals surface area contributed by atoms with Gasteiger partial charge in [0.1, 0.15) is 0 Å². The van der Waals surface area contributed by atoms with Crippen LogP contribution in [0.2, 0.25) is 0 Å². The normalized spacial score (nSPS) is 11.0. The lowest BCUT2D eigenvalue weighted by Gasteiger charge is -2.02. The quantitative estimate of drug-likeness (QED) is 0.146. The molecule has 0 spiro atoms. The monoisotopic (exact) mass is 439 g/mol. The smallest absolute Gasteiger partial charge is 0.418 e. The Morgan fingerprint density at radius 3 is 1.71 bits per heavy atom. The van der Waals surface area contributed by atoms with Crippen LogP contribution in [0, 0.1) is 0 Å². The Bertz CT molecular complexity index is 715. The molecule has 0 aliphatic carbocycles. The van der Waals surface area contributed by atoms with Crippen LogP contribution in [0.3, 0.4) is 0 Å². The third-order valence-corrected chi connectivity index (χ3v) is 4.93. The lowest BCUT2D eigenvalue weighted by atomic mass is 10.1. The van der Waals surface area contributed by atoms with Crippen molar-refractivity contribution >= 4 is 13.2 Å². The van der Waals surface area contributed by atoms with Crippen LogP contribution >= 0.6 is 0 Å². The largest absolute Gasteiger partial charge is 0.673 e. The van der Waals surface area contributed by atoms with Crippen molar-refractivity contribution in [1.29, 1.82) is 0 Å². The number of carbonyl (C=O) groups excluding carboxylic acids is 1. The number of hydrogen-bond donors (Lipinski definition) is 0. The van der Waals surface area contributed by atoms with E-state index in [4.69, 9.17) is 0 Å². The van der Waals surface area contributed by atoms with E-state index in [0.717, 1.165) is 12.8 Å². The van der Waals surface area contributed by atoms with E-state index in [9.17, 15) is 22.1 Å². The van der Waals surface area contributed by atoms with Crippen LogP contribution in [0.5, 0.6) is 0 Å². The lowest BCUT2D eigenvalue weighted by Crippen LogP contribution is -2.41. The highest BCUT2D eigenvalue weighted by molar-refractivity contribution is 6.50. The Kier molecular flexibility index (Phi) is 13.5. The van der Waals surface area contributed by atoms with E-state index in [1.807, 2.05) is 18.5 Å². The predicted octanol–water partition coefficient (Wildman–Crippen LogP) is 7.43. The molecule has 2 nitrogen and oxygen atoms in total. The van der Waals surface area contributed by atoms with E-state index in [-0.39, 0.29) is 5.91 Å². The first kappa shape index (κ1) is 26.9. The van der Waals surface area contributed by atoms with Crippen molar-refractivity contribution in [2.75, 3.05) is 0 Å². The number of aromatic nitrogens is 1. The van der Waals surface area contributed by atoms with Crippen molar-refractivity contribution < 1.29 is 26.6 Å². The molecule has 0 aliphatic rings. The van der Waals surface area contributed by atoms with Gasteiger partial charge in [-0.25, -0.2) is 4.79 Å². The summed E-state index contributed by atoms with van der Waals surface area (Å²) in [6.45, 7) is 2.26. The summed E-state index contributed by atoms with van der Waals surface area (Å²) in [5.41, 5.74) is 2.54. The van der Waals surface area contributed by atoms with Crippen molar-refractivity contribution in [2.45, 2.75) is 77.6 Å². The molecule has 0 bridgehead atoms. The first-order chi connectivity index (χ1) is 14.8. The second-order valence-corrected chi connectivity index (χ2v) is 7.74. The van der Waals surface area contributed by atoms with Crippen LogP contribution in [-0.4, -0.2) is 13.2 Å². The lowest BCUT2D eigenvalue weighted by molar-refractivity contribution is -0.574. The minimum atomic E-state index is -6.00. The fraction of sp³-hybridized carbons (Fsp3) is 0.500. The van der Waals surface area contributed by atoms with Gasteiger partial charge >= 0.3 is 13.2 Å². The van der Waals surface area contributed by atoms with E-state index in [0.29, 0.717) is 6.42 Å². The molecule has 0 amide bonds. The molecular weight excluding hydrogens is 405 g/mol. The van der Waals surface area contributed by atoms with Gasteiger partial charge in [-0.05, 0) is 24.0 Å². The van der Waals surface area contributed by atoms with E-state index in [2.05, 4.69) is 43.3 Å². The van der Waals surface area contributed by atoms with Crippen molar-refractivity contribution in [3.05, 3.63) is 66.0 Å². The molecule has 172 valence electrons. The number of nitrogens with zero attached hydrogens (tertiary/aromatic N) is 1. The maximum Gasteiger partial charge on any atom is 0.673 e. The van der Waals surface area contributed by atoms with Gasteiger partial charge in [0.2, 0.25) is 0 Å². The number of hydrogen-bond acceptors (Lipinski definition) is 1. The molecule has 1 aromatic carbocycles. The van der Waals surface area contributed by atoms with Gasteiger partial charge in [-0.2, -0.15) is 0 Å². The Balaban J connectivity index is 0.000000861. The number of carbonyl (C=O) groups is 1. The van der Waals surface area contributed by atoms with Crippen LogP contribution in [0.15, 0.2) is 54.9 Å². The van der Waals surface area contributed by atoms with Gasteiger partial charge in [-0.15, -0.1) is 4.57 Å². The van der Waals surface area contributed by atoms with Crippen molar-refractivity contribution in [2.24, 2.45) is 0 Å². The first-order valence-electron chi connectivity index (χ1n) is 11.2. The molecule has 0 saturated heterocycles. The van der Waals surface area contributed by atoms with Gasteiger partial charge in [0.25, 0.3) is 0 Å². The Labute approximate surface area is 183 Å². The van der Waals surface area contributed by atoms with Crippen molar-refractivity contribution in [3.8, 4) is 0 Å². The summed E-state index contributed by atoms with van der Waals surface area (Å²) < 4.78 is 40.7. The minimum Gasteiger partial charge on any atom is -0.418 e. The van der Waals surface area contributed by atoms with Gasteiger partial charge in [-0.1, -0.05) is 88.6 Å². The summed E-state index contributed by atoms with van der Waals surface area (Å²) in [6.07, 6.45) is 16.9. The zero-order valence-electron chi connectivity index (χ0n) is 18.4. The molecule has 1 aromatic heterocycles. The molecule has 2 aromatic rings. The van der Waals surface area contributed by atoms with Crippen molar-refractivity contribution in [1.82, 2.24) is 0 Å². The summed E-state index contributed by atoms with van der Waals surface area (Å²) >= 11 is 0. The van der Waals surface area contributed by atoms with Crippen LogP contribution in [0.25, 0.3) is 0 Å². The maximum absolute atomic E-state index is 12.3. The standard InChI is InChI=1S/C24H34NO.BF4/c1-2-3-4-5-6-7-8-9-13-16-24(26)25-19-17-23(18-20-25)21-22-14-11-10-12-15-22;2-1(3,4)5/h10-12,14-15,17-20H,2-9,13,16,21H2,1H3;/q+1;-1. The highest BCUT2D eigenvalue weighted by atomic mass is 19.5. The fourth-order valence-corrected chi connectivity index (χ4v) is 3.29. The maximum atomic E-state index is 12.3. The summed E-state index contributed by atoms with van der Waals surface area (Å²) in [5, 5.41) is 0. The molecule has 0 fully saturated rings. The van der Waals surface area contributed by atoms with Crippen LogP contribution in [0.4, 0.5) is 17.3 Å². The molecule has 1 heterocycles. The van der Waals surface area contributed by atoms with Crippen LogP contribution in [0.1, 0.15) is 87.1 Å². The molecule has 31 heavy (non-hydrogen) atoms. The van der Waals surface area contributed by atoms with E-state index >= 15 is 0 Å². The number of benzene rings is 1. The number of halogens is 4. The zero-order valence-corrected chi connectivity index (χ0v) is 18.4. The average Bonchev–Trinajstić information content (AvgIpc) is 2.72. The molecule has 0 N–H and O–H groups in total. The van der Waals surface area contributed by atoms with Crippen LogP contribution in [-0.2, 0) is 6.42 Å². The summed E-state index contributed by atoms with van der Waals surface area (Å²) in [4.78, 5) is 12.3. The molecule has 0 aliphatic heterocycles. The molecule has 0 atom stereocenters.